The number of aromatic nitrogens is 3. The van der Waals surface area contributed by atoms with Crippen LogP contribution in [-0.4, -0.2) is 26.4 Å². The number of amides is 1. The lowest BCUT2D eigenvalue weighted by Gasteiger charge is -2.14. The number of halogens is 2. The van der Waals surface area contributed by atoms with Crippen LogP contribution in [0.3, 0.4) is 0 Å². The minimum absolute atomic E-state index is 0.0905. The maximum Gasteiger partial charge on any atom is 0.234 e. The highest BCUT2D eigenvalue weighted by Gasteiger charge is 2.16. The van der Waals surface area contributed by atoms with Crippen molar-refractivity contribution in [1.29, 1.82) is 0 Å². The van der Waals surface area contributed by atoms with E-state index in [1.54, 1.807) is 24.3 Å². The van der Waals surface area contributed by atoms with Crippen LogP contribution in [0, 0.1) is 0 Å². The number of nitrogens with zero attached hydrogens (tertiary/aromatic N) is 3. The summed E-state index contributed by atoms with van der Waals surface area (Å²) >= 11 is 13.5. The average Bonchev–Trinajstić information content (AvgIpc) is 3.20. The molecular formula is C24H26Cl2N4O2S. The molecule has 6 nitrogen and oxygen atoms in total. The van der Waals surface area contributed by atoms with Gasteiger partial charge in [0.1, 0.15) is 12.4 Å². The Balaban J connectivity index is 1.68. The van der Waals surface area contributed by atoms with Crippen LogP contribution in [0.25, 0.3) is 0 Å². The Labute approximate surface area is 208 Å². The predicted octanol–water partition coefficient (Wildman–Crippen LogP) is 6.21. The number of carbonyl (C=O) groups excluding carboxylic acids is 1. The molecule has 3 aromatic rings. The number of rotatable bonds is 11. The summed E-state index contributed by atoms with van der Waals surface area (Å²) in [4.78, 5) is 12.7. The Bertz CT molecular complexity index is 1110. The van der Waals surface area contributed by atoms with Gasteiger partial charge in [0, 0.05) is 23.3 Å². The number of aryl methyl sites for hydroxylation is 2. The number of thioether (sulfide) groups is 1. The standard InChI is InChI=1S/C24H26Cl2N4O2S/c1-4-12-30-21(14-32-20-13-18(25)10-11-19(20)26)28-29-24(30)33-15-22(31)27-23-16(5-2)8-7-9-17(23)6-3/h4,7-11,13H,1,5-6,12,14-15H2,2-3H3,(H,27,31). The van der Waals surface area contributed by atoms with Crippen LogP contribution < -0.4 is 10.1 Å². The zero-order valence-corrected chi connectivity index (χ0v) is 20.9. The minimum atomic E-state index is -0.0905. The van der Waals surface area contributed by atoms with Gasteiger partial charge in [-0.3, -0.25) is 9.36 Å². The molecule has 0 fully saturated rings. The molecular weight excluding hydrogens is 479 g/mol. The van der Waals surface area contributed by atoms with Gasteiger partial charge >= 0.3 is 0 Å². The fraction of sp³-hybridized carbons (Fsp3) is 0.292. The summed E-state index contributed by atoms with van der Waals surface area (Å²) in [6, 6.07) is 11.1. The molecule has 33 heavy (non-hydrogen) atoms. The third-order valence-electron chi connectivity index (χ3n) is 4.95. The van der Waals surface area contributed by atoms with Crippen molar-refractivity contribution in [3.63, 3.8) is 0 Å². The van der Waals surface area contributed by atoms with Gasteiger partial charge in [-0.25, -0.2) is 0 Å². The van der Waals surface area contributed by atoms with Gasteiger partial charge in [0.2, 0.25) is 5.91 Å². The maximum absolute atomic E-state index is 12.7. The van der Waals surface area contributed by atoms with Crippen molar-refractivity contribution >= 4 is 46.6 Å². The van der Waals surface area contributed by atoms with Crippen LogP contribution in [0.2, 0.25) is 10.0 Å². The quantitative estimate of drug-likeness (QED) is 0.248. The van der Waals surface area contributed by atoms with Gasteiger partial charge in [-0.05, 0) is 36.1 Å². The molecule has 0 unspecified atom stereocenters. The highest BCUT2D eigenvalue weighted by molar-refractivity contribution is 7.99. The van der Waals surface area contributed by atoms with Crippen LogP contribution in [0.15, 0.2) is 54.2 Å². The molecule has 0 saturated heterocycles. The van der Waals surface area contributed by atoms with Crippen molar-refractivity contribution in [1.82, 2.24) is 14.8 Å². The zero-order valence-electron chi connectivity index (χ0n) is 18.6. The molecule has 174 valence electrons. The molecule has 9 heteroatoms. The summed E-state index contributed by atoms with van der Waals surface area (Å²) in [5.41, 5.74) is 3.16. The van der Waals surface area contributed by atoms with Gasteiger partial charge in [-0.15, -0.1) is 16.8 Å². The number of para-hydroxylation sites is 1. The van der Waals surface area contributed by atoms with E-state index in [9.17, 15) is 4.79 Å². The monoisotopic (exact) mass is 504 g/mol. The van der Waals surface area contributed by atoms with E-state index in [-0.39, 0.29) is 18.3 Å². The minimum Gasteiger partial charge on any atom is -0.484 e. The highest BCUT2D eigenvalue weighted by Crippen LogP contribution is 2.29. The van der Waals surface area contributed by atoms with Crippen molar-refractivity contribution in [3.8, 4) is 5.75 Å². The molecule has 0 aliphatic heterocycles. The molecule has 0 radical (unpaired) electrons. The number of ether oxygens (including phenoxy) is 1. The smallest absolute Gasteiger partial charge is 0.234 e. The maximum atomic E-state index is 12.7. The largest absolute Gasteiger partial charge is 0.484 e. The zero-order chi connectivity index (χ0) is 23.8. The number of hydrogen-bond acceptors (Lipinski definition) is 5. The second-order valence-electron chi connectivity index (χ2n) is 7.16. The van der Waals surface area contributed by atoms with E-state index in [1.807, 2.05) is 22.8 Å². The highest BCUT2D eigenvalue weighted by atomic mass is 35.5. The van der Waals surface area contributed by atoms with Crippen LogP contribution >= 0.6 is 35.0 Å². The molecule has 1 N–H and O–H groups in total. The molecule has 3 rings (SSSR count). The lowest BCUT2D eigenvalue weighted by atomic mass is 10.0. The van der Waals surface area contributed by atoms with Gasteiger partial charge in [0.25, 0.3) is 0 Å². The van der Waals surface area contributed by atoms with Gasteiger partial charge in [0.05, 0.1) is 10.8 Å². The second-order valence-corrected chi connectivity index (χ2v) is 8.94. The number of nitrogens with one attached hydrogen (secondary N) is 1. The van der Waals surface area contributed by atoms with E-state index in [4.69, 9.17) is 27.9 Å². The normalized spacial score (nSPS) is 10.8. The van der Waals surface area contributed by atoms with Crippen molar-refractivity contribution in [3.05, 3.63) is 76.0 Å². The molecule has 0 bridgehead atoms. The first-order valence-electron chi connectivity index (χ1n) is 10.6. The first kappa shape index (κ1) is 25.1. The molecule has 0 saturated carbocycles. The molecule has 0 atom stereocenters. The predicted molar refractivity (Wildman–Crippen MR) is 136 cm³/mol. The summed E-state index contributed by atoms with van der Waals surface area (Å²) in [6.07, 6.45) is 3.45. The summed E-state index contributed by atoms with van der Waals surface area (Å²) in [7, 11) is 0. The van der Waals surface area contributed by atoms with Crippen molar-refractivity contribution < 1.29 is 9.53 Å². The fourth-order valence-electron chi connectivity index (χ4n) is 3.28. The molecule has 0 spiro atoms. The summed E-state index contributed by atoms with van der Waals surface area (Å²) < 4.78 is 7.66. The Kier molecular flexibility index (Phi) is 9.23. The Morgan fingerprint density at radius 3 is 2.58 bits per heavy atom. The van der Waals surface area contributed by atoms with Crippen LogP contribution in [0.4, 0.5) is 5.69 Å². The van der Waals surface area contributed by atoms with E-state index < -0.39 is 0 Å². The number of anilines is 1. The van der Waals surface area contributed by atoms with E-state index in [2.05, 4.69) is 35.9 Å². The van der Waals surface area contributed by atoms with E-state index >= 15 is 0 Å². The number of allylic oxidation sites excluding steroid dienone is 1. The van der Waals surface area contributed by atoms with E-state index in [0.717, 1.165) is 29.7 Å². The fourth-order valence-corrected chi connectivity index (χ4v) is 4.38. The van der Waals surface area contributed by atoms with E-state index in [0.29, 0.717) is 33.3 Å². The van der Waals surface area contributed by atoms with Crippen LogP contribution in [-0.2, 0) is 30.8 Å². The molecule has 1 amide bonds. The third-order valence-corrected chi connectivity index (χ3v) is 6.46. The van der Waals surface area contributed by atoms with Crippen molar-refractivity contribution in [2.24, 2.45) is 0 Å². The Morgan fingerprint density at radius 2 is 1.91 bits per heavy atom. The SMILES string of the molecule is C=CCn1c(COc2cc(Cl)ccc2Cl)nnc1SCC(=O)Nc1c(CC)cccc1CC. The second kappa shape index (κ2) is 12.1. The Morgan fingerprint density at radius 1 is 1.18 bits per heavy atom. The summed E-state index contributed by atoms with van der Waals surface area (Å²) in [6.45, 7) is 8.60. The van der Waals surface area contributed by atoms with Crippen molar-refractivity contribution in [2.75, 3.05) is 11.1 Å². The van der Waals surface area contributed by atoms with Gasteiger partial charge < -0.3 is 10.1 Å². The first-order valence-corrected chi connectivity index (χ1v) is 12.3. The lowest BCUT2D eigenvalue weighted by Crippen LogP contribution is -2.17. The molecule has 1 heterocycles. The first-order chi connectivity index (χ1) is 16.0. The summed E-state index contributed by atoms with van der Waals surface area (Å²) in [5, 5.41) is 13.1. The van der Waals surface area contributed by atoms with Crippen LogP contribution in [0.5, 0.6) is 5.75 Å². The molecule has 0 aliphatic rings. The van der Waals surface area contributed by atoms with Crippen molar-refractivity contribution in [2.45, 2.75) is 45.0 Å². The summed E-state index contributed by atoms with van der Waals surface area (Å²) in [5.74, 6) is 1.18. The number of benzene rings is 2. The molecule has 1 aromatic heterocycles. The Hall–Kier alpha value is -2.48. The van der Waals surface area contributed by atoms with Crippen LogP contribution in [0.1, 0.15) is 30.8 Å². The van der Waals surface area contributed by atoms with Gasteiger partial charge in [-0.1, -0.05) is 73.1 Å². The van der Waals surface area contributed by atoms with Gasteiger partial charge in [-0.2, -0.15) is 0 Å². The third kappa shape index (κ3) is 6.53. The van der Waals surface area contributed by atoms with E-state index in [1.165, 1.54) is 11.8 Å². The number of hydrogen-bond donors (Lipinski definition) is 1. The average molecular weight is 505 g/mol. The molecule has 2 aromatic carbocycles. The lowest BCUT2D eigenvalue weighted by molar-refractivity contribution is -0.113. The topological polar surface area (TPSA) is 69.0 Å². The van der Waals surface area contributed by atoms with Gasteiger partial charge in [0.15, 0.2) is 11.0 Å². The molecule has 0 aliphatic carbocycles. The number of carbonyl (C=O) groups is 1.